The van der Waals surface area contributed by atoms with Crippen molar-refractivity contribution in [2.45, 2.75) is 32.4 Å². The summed E-state index contributed by atoms with van der Waals surface area (Å²) < 4.78 is 0. The van der Waals surface area contributed by atoms with Crippen molar-refractivity contribution in [1.82, 2.24) is 5.32 Å². The minimum atomic E-state index is -0.170. The SMILES string of the molecule is C[C@@H](Cc1ccccc1)N[C@H](C)C(=O)c1ccccc1.Cl. The van der Waals surface area contributed by atoms with Crippen LogP contribution in [0.4, 0.5) is 0 Å². The highest BCUT2D eigenvalue weighted by Crippen LogP contribution is 2.07. The van der Waals surface area contributed by atoms with Gasteiger partial charge in [0.2, 0.25) is 0 Å². The highest BCUT2D eigenvalue weighted by Gasteiger charge is 2.16. The molecule has 0 saturated carbocycles. The molecule has 0 aromatic heterocycles. The van der Waals surface area contributed by atoms with Crippen molar-refractivity contribution in [3.05, 3.63) is 71.8 Å². The molecule has 0 spiro atoms. The Morgan fingerprint density at radius 1 is 0.952 bits per heavy atom. The first-order chi connectivity index (χ1) is 9.66. The van der Waals surface area contributed by atoms with Crippen LogP contribution in [0, 0.1) is 0 Å². The molecule has 2 atom stereocenters. The number of benzene rings is 2. The van der Waals surface area contributed by atoms with E-state index in [-0.39, 0.29) is 30.3 Å². The number of hydrogen-bond donors (Lipinski definition) is 1. The fraction of sp³-hybridized carbons (Fsp3) is 0.278. The Morgan fingerprint density at radius 3 is 2.05 bits per heavy atom. The average Bonchev–Trinajstić information content (AvgIpc) is 2.48. The zero-order valence-electron chi connectivity index (χ0n) is 12.5. The van der Waals surface area contributed by atoms with Crippen LogP contribution in [-0.4, -0.2) is 17.9 Å². The van der Waals surface area contributed by atoms with Gasteiger partial charge in [0.15, 0.2) is 5.78 Å². The summed E-state index contributed by atoms with van der Waals surface area (Å²) >= 11 is 0. The summed E-state index contributed by atoms with van der Waals surface area (Å²) in [7, 11) is 0. The molecule has 0 radical (unpaired) electrons. The van der Waals surface area contributed by atoms with E-state index in [1.165, 1.54) is 5.56 Å². The van der Waals surface area contributed by atoms with Gasteiger partial charge in [-0.15, -0.1) is 12.4 Å². The average molecular weight is 304 g/mol. The van der Waals surface area contributed by atoms with Crippen LogP contribution in [0.15, 0.2) is 60.7 Å². The van der Waals surface area contributed by atoms with Gasteiger partial charge in [-0.05, 0) is 25.8 Å². The first-order valence-electron chi connectivity index (χ1n) is 7.06. The number of carbonyl (C=O) groups is 1. The monoisotopic (exact) mass is 303 g/mol. The van der Waals surface area contributed by atoms with Gasteiger partial charge in [0.1, 0.15) is 0 Å². The van der Waals surface area contributed by atoms with Crippen LogP contribution in [0.5, 0.6) is 0 Å². The Balaban J connectivity index is 0.00000220. The van der Waals surface area contributed by atoms with Crippen LogP contribution in [0.25, 0.3) is 0 Å². The molecule has 0 bridgehead atoms. The van der Waals surface area contributed by atoms with Crippen LogP contribution in [0.3, 0.4) is 0 Å². The van der Waals surface area contributed by atoms with Crippen molar-refractivity contribution < 1.29 is 4.79 Å². The zero-order valence-corrected chi connectivity index (χ0v) is 13.3. The summed E-state index contributed by atoms with van der Waals surface area (Å²) in [5.74, 6) is 0.144. The van der Waals surface area contributed by atoms with Crippen LogP contribution in [0.2, 0.25) is 0 Å². The summed E-state index contributed by atoms with van der Waals surface area (Å²) in [6.07, 6.45) is 0.924. The highest BCUT2D eigenvalue weighted by molar-refractivity contribution is 5.99. The van der Waals surface area contributed by atoms with Crippen molar-refractivity contribution in [3.63, 3.8) is 0 Å². The van der Waals surface area contributed by atoms with Crippen molar-refractivity contribution in [3.8, 4) is 0 Å². The Bertz CT molecular complexity index is 542. The molecule has 0 aliphatic heterocycles. The van der Waals surface area contributed by atoms with Gasteiger partial charge in [0.25, 0.3) is 0 Å². The molecule has 3 heteroatoms. The van der Waals surface area contributed by atoms with Gasteiger partial charge in [0.05, 0.1) is 6.04 Å². The summed E-state index contributed by atoms with van der Waals surface area (Å²) in [5, 5.41) is 3.38. The Kier molecular flexibility index (Phi) is 7.13. The number of hydrogen-bond acceptors (Lipinski definition) is 2. The molecule has 21 heavy (non-hydrogen) atoms. The molecule has 2 aromatic rings. The number of Topliss-reactive ketones (excluding diaryl/α,β-unsaturated/α-hetero) is 1. The standard InChI is InChI=1S/C18H21NO.ClH/c1-14(13-16-9-5-3-6-10-16)19-15(2)18(20)17-11-7-4-8-12-17;/h3-12,14-15,19H,13H2,1-2H3;1H/t14-,15+;/m0./s1. The lowest BCUT2D eigenvalue weighted by Crippen LogP contribution is -2.41. The molecule has 0 aliphatic rings. The predicted octanol–water partition coefficient (Wildman–Crippen LogP) is 3.90. The van der Waals surface area contributed by atoms with Crippen LogP contribution >= 0.6 is 12.4 Å². The molecule has 112 valence electrons. The Labute approximate surface area is 133 Å². The van der Waals surface area contributed by atoms with Crippen LogP contribution in [-0.2, 0) is 6.42 Å². The summed E-state index contributed by atoms with van der Waals surface area (Å²) in [6.45, 7) is 4.04. The van der Waals surface area contributed by atoms with Crippen LogP contribution in [0.1, 0.15) is 29.8 Å². The molecule has 0 saturated heterocycles. The van der Waals surface area contributed by atoms with Crippen LogP contribution < -0.4 is 5.32 Å². The molecule has 0 amide bonds. The maximum absolute atomic E-state index is 12.3. The Hall–Kier alpha value is -1.64. The smallest absolute Gasteiger partial charge is 0.179 e. The van der Waals surface area contributed by atoms with E-state index in [9.17, 15) is 4.79 Å². The van der Waals surface area contributed by atoms with Gasteiger partial charge in [-0.1, -0.05) is 60.7 Å². The summed E-state index contributed by atoms with van der Waals surface area (Å²) in [4.78, 5) is 12.3. The van der Waals surface area contributed by atoms with E-state index in [1.807, 2.05) is 55.5 Å². The molecule has 0 aliphatic carbocycles. The van der Waals surface area contributed by atoms with E-state index in [1.54, 1.807) is 0 Å². The maximum Gasteiger partial charge on any atom is 0.179 e. The molecular weight excluding hydrogens is 282 g/mol. The number of rotatable bonds is 6. The number of ketones is 1. The van der Waals surface area contributed by atoms with E-state index >= 15 is 0 Å². The first-order valence-corrected chi connectivity index (χ1v) is 7.06. The minimum absolute atomic E-state index is 0. The van der Waals surface area contributed by atoms with Gasteiger partial charge in [-0.3, -0.25) is 4.79 Å². The first kappa shape index (κ1) is 17.4. The lowest BCUT2D eigenvalue weighted by Gasteiger charge is -2.19. The third-order valence-electron chi connectivity index (χ3n) is 3.37. The number of nitrogens with one attached hydrogen (secondary N) is 1. The van der Waals surface area contributed by atoms with E-state index in [2.05, 4.69) is 24.4 Å². The van der Waals surface area contributed by atoms with Gasteiger partial charge in [-0.2, -0.15) is 0 Å². The second-order valence-electron chi connectivity index (χ2n) is 5.21. The molecule has 2 nitrogen and oxygen atoms in total. The maximum atomic E-state index is 12.3. The third kappa shape index (κ3) is 5.33. The summed E-state index contributed by atoms with van der Waals surface area (Å²) in [6, 6.07) is 19.9. The second kappa shape index (κ2) is 8.60. The minimum Gasteiger partial charge on any atom is -0.305 e. The molecular formula is C18H22ClNO. The number of carbonyl (C=O) groups excluding carboxylic acids is 1. The predicted molar refractivity (Wildman–Crippen MR) is 90.2 cm³/mol. The van der Waals surface area contributed by atoms with Crippen molar-refractivity contribution in [1.29, 1.82) is 0 Å². The lowest BCUT2D eigenvalue weighted by molar-refractivity contribution is 0.0945. The van der Waals surface area contributed by atoms with Gasteiger partial charge in [0, 0.05) is 11.6 Å². The van der Waals surface area contributed by atoms with Gasteiger partial charge < -0.3 is 5.32 Å². The highest BCUT2D eigenvalue weighted by atomic mass is 35.5. The molecule has 1 N–H and O–H groups in total. The zero-order chi connectivity index (χ0) is 14.4. The fourth-order valence-corrected chi connectivity index (χ4v) is 2.38. The van der Waals surface area contributed by atoms with Crippen molar-refractivity contribution in [2.24, 2.45) is 0 Å². The molecule has 0 unspecified atom stereocenters. The normalized spacial score (nSPS) is 13.0. The quantitative estimate of drug-likeness (QED) is 0.820. The second-order valence-corrected chi connectivity index (χ2v) is 5.21. The third-order valence-corrected chi connectivity index (χ3v) is 3.37. The molecule has 0 heterocycles. The topological polar surface area (TPSA) is 29.1 Å². The number of halogens is 1. The fourth-order valence-electron chi connectivity index (χ4n) is 2.38. The molecule has 2 aromatic carbocycles. The van der Waals surface area contributed by atoms with Crippen molar-refractivity contribution >= 4 is 18.2 Å². The van der Waals surface area contributed by atoms with E-state index in [4.69, 9.17) is 0 Å². The van der Waals surface area contributed by atoms with E-state index < -0.39 is 0 Å². The Morgan fingerprint density at radius 2 is 1.48 bits per heavy atom. The van der Waals surface area contributed by atoms with E-state index in [0.717, 1.165) is 12.0 Å². The summed E-state index contributed by atoms with van der Waals surface area (Å²) in [5.41, 5.74) is 2.05. The van der Waals surface area contributed by atoms with E-state index in [0.29, 0.717) is 0 Å². The lowest BCUT2D eigenvalue weighted by atomic mass is 10.0. The van der Waals surface area contributed by atoms with Crippen molar-refractivity contribution in [2.75, 3.05) is 0 Å². The molecule has 2 rings (SSSR count). The van der Waals surface area contributed by atoms with Gasteiger partial charge in [-0.25, -0.2) is 0 Å². The van der Waals surface area contributed by atoms with Gasteiger partial charge >= 0.3 is 0 Å². The molecule has 0 fully saturated rings. The largest absolute Gasteiger partial charge is 0.305 e.